The lowest BCUT2D eigenvalue weighted by molar-refractivity contribution is 0.145. The third-order valence-electron chi connectivity index (χ3n) is 4.11. The van der Waals surface area contributed by atoms with Crippen LogP contribution in [0, 0.1) is 12.8 Å². The molecule has 7 nitrogen and oxygen atoms in total. The first kappa shape index (κ1) is 20.8. The predicted octanol–water partition coefficient (Wildman–Crippen LogP) is 2.22. The van der Waals surface area contributed by atoms with Gasteiger partial charge in [0.25, 0.3) is 0 Å². The number of rotatable bonds is 10. The number of hydrogen-bond donors (Lipinski definition) is 2. The van der Waals surface area contributed by atoms with Crippen LogP contribution in [0.25, 0.3) is 0 Å². The second-order valence-electron chi connectivity index (χ2n) is 6.59. The summed E-state index contributed by atoms with van der Waals surface area (Å²) < 4.78 is 12.9. The van der Waals surface area contributed by atoms with Crippen LogP contribution in [0.3, 0.4) is 0 Å². The minimum Gasteiger partial charge on any atom is -0.491 e. The second-order valence-corrected chi connectivity index (χ2v) is 6.59. The Labute approximate surface area is 161 Å². The monoisotopic (exact) mass is 373 g/mol. The number of aliphatic imine (C=N–C) groups is 1. The van der Waals surface area contributed by atoms with E-state index in [4.69, 9.17) is 9.47 Å². The molecule has 0 radical (unpaired) electrons. The maximum atomic E-state index is 5.85. The number of nitrogens with zero attached hydrogens (tertiary/aromatic N) is 3. The van der Waals surface area contributed by atoms with Gasteiger partial charge in [0.2, 0.25) is 0 Å². The molecular weight excluding hydrogens is 342 g/mol. The molecule has 2 aromatic rings. The molecule has 1 unspecified atom stereocenters. The molecule has 0 spiro atoms. The molecule has 2 N–H and O–H groups in total. The molecule has 1 heterocycles. The SMILES string of the molecule is CN=C(NCc1ccc(C)cc1OCCOC)NCC(C)Cn1cccn1. The van der Waals surface area contributed by atoms with Crippen molar-refractivity contribution >= 4 is 5.96 Å². The van der Waals surface area contributed by atoms with Gasteiger partial charge < -0.3 is 20.1 Å². The van der Waals surface area contributed by atoms with Crippen LogP contribution in [0.5, 0.6) is 5.75 Å². The van der Waals surface area contributed by atoms with E-state index in [0.717, 1.165) is 30.4 Å². The largest absolute Gasteiger partial charge is 0.491 e. The van der Waals surface area contributed by atoms with Crippen molar-refractivity contribution in [3.63, 3.8) is 0 Å². The van der Waals surface area contributed by atoms with Crippen LogP contribution in [-0.4, -0.2) is 49.7 Å². The highest BCUT2D eigenvalue weighted by molar-refractivity contribution is 5.79. The van der Waals surface area contributed by atoms with Gasteiger partial charge >= 0.3 is 0 Å². The number of aryl methyl sites for hydroxylation is 1. The van der Waals surface area contributed by atoms with E-state index in [1.807, 2.05) is 16.9 Å². The zero-order valence-corrected chi connectivity index (χ0v) is 16.7. The number of nitrogens with one attached hydrogen (secondary N) is 2. The summed E-state index contributed by atoms with van der Waals surface area (Å²) in [6, 6.07) is 8.16. The minimum atomic E-state index is 0.427. The van der Waals surface area contributed by atoms with E-state index < -0.39 is 0 Å². The van der Waals surface area contributed by atoms with Crippen LogP contribution in [0.15, 0.2) is 41.7 Å². The van der Waals surface area contributed by atoms with E-state index in [0.29, 0.717) is 25.7 Å². The first-order chi connectivity index (χ1) is 13.1. The van der Waals surface area contributed by atoms with E-state index in [1.165, 1.54) is 5.56 Å². The standard InChI is InChI=1S/C20H31N5O2/c1-16-6-7-18(19(12-16)27-11-10-26-4)14-23-20(21-3)22-13-17(2)15-25-9-5-8-24-25/h5-9,12,17H,10-11,13-15H2,1-4H3,(H2,21,22,23). The van der Waals surface area contributed by atoms with Crippen molar-refractivity contribution in [3.8, 4) is 5.75 Å². The van der Waals surface area contributed by atoms with Crippen LogP contribution in [0.1, 0.15) is 18.1 Å². The summed E-state index contributed by atoms with van der Waals surface area (Å²) in [7, 11) is 3.45. The van der Waals surface area contributed by atoms with Gasteiger partial charge in [-0.15, -0.1) is 0 Å². The molecule has 1 atom stereocenters. The predicted molar refractivity (Wildman–Crippen MR) is 108 cm³/mol. The summed E-state index contributed by atoms with van der Waals surface area (Å²) >= 11 is 0. The molecule has 0 aliphatic rings. The first-order valence-corrected chi connectivity index (χ1v) is 9.25. The van der Waals surface area contributed by atoms with Crippen LogP contribution in [-0.2, 0) is 17.8 Å². The normalized spacial score (nSPS) is 12.7. The van der Waals surface area contributed by atoms with Crippen molar-refractivity contribution in [1.82, 2.24) is 20.4 Å². The number of methoxy groups -OCH3 is 1. The Balaban J connectivity index is 1.84. The molecule has 0 saturated heterocycles. The molecule has 0 aliphatic heterocycles. The smallest absolute Gasteiger partial charge is 0.191 e. The van der Waals surface area contributed by atoms with E-state index in [2.05, 4.69) is 52.8 Å². The lowest BCUT2D eigenvalue weighted by Gasteiger charge is -2.17. The topological polar surface area (TPSA) is 72.7 Å². The van der Waals surface area contributed by atoms with Gasteiger partial charge in [0.05, 0.1) is 6.61 Å². The molecule has 0 fully saturated rings. The number of ether oxygens (including phenoxy) is 2. The summed E-state index contributed by atoms with van der Waals surface area (Å²) in [6.45, 7) is 7.65. The van der Waals surface area contributed by atoms with E-state index >= 15 is 0 Å². The summed E-state index contributed by atoms with van der Waals surface area (Å²) in [5, 5.41) is 11.0. The van der Waals surface area contributed by atoms with Gasteiger partial charge in [-0.2, -0.15) is 5.10 Å². The lowest BCUT2D eigenvalue weighted by Crippen LogP contribution is -2.39. The summed E-state index contributed by atoms with van der Waals surface area (Å²) in [5.41, 5.74) is 2.25. The van der Waals surface area contributed by atoms with Crippen molar-refractivity contribution < 1.29 is 9.47 Å². The maximum absolute atomic E-state index is 5.85. The van der Waals surface area contributed by atoms with Crippen LogP contribution in [0.4, 0.5) is 0 Å². The molecule has 2 rings (SSSR count). The van der Waals surface area contributed by atoms with Crippen LogP contribution in [0.2, 0.25) is 0 Å². The van der Waals surface area contributed by atoms with Crippen molar-refractivity contribution in [2.24, 2.45) is 10.9 Å². The maximum Gasteiger partial charge on any atom is 0.191 e. The van der Waals surface area contributed by atoms with E-state index in [1.54, 1.807) is 20.4 Å². The zero-order chi connectivity index (χ0) is 19.5. The molecule has 27 heavy (non-hydrogen) atoms. The average molecular weight is 374 g/mol. The Morgan fingerprint density at radius 3 is 2.85 bits per heavy atom. The Morgan fingerprint density at radius 1 is 1.30 bits per heavy atom. The van der Waals surface area contributed by atoms with Gasteiger partial charge in [-0.25, -0.2) is 0 Å². The summed E-state index contributed by atoms with van der Waals surface area (Å²) in [4.78, 5) is 4.31. The zero-order valence-electron chi connectivity index (χ0n) is 16.7. The van der Waals surface area contributed by atoms with E-state index in [-0.39, 0.29) is 0 Å². The molecule has 7 heteroatoms. The molecule has 0 amide bonds. The van der Waals surface area contributed by atoms with Gasteiger partial charge in [-0.05, 0) is 30.5 Å². The number of hydrogen-bond acceptors (Lipinski definition) is 4. The van der Waals surface area contributed by atoms with Crippen molar-refractivity contribution in [3.05, 3.63) is 47.8 Å². The highest BCUT2D eigenvalue weighted by atomic mass is 16.5. The summed E-state index contributed by atoms with van der Waals surface area (Å²) in [6.07, 6.45) is 3.78. The van der Waals surface area contributed by atoms with Gasteiger partial charge in [0.15, 0.2) is 5.96 Å². The fourth-order valence-corrected chi connectivity index (χ4v) is 2.64. The number of guanidine groups is 1. The Morgan fingerprint density at radius 2 is 2.15 bits per heavy atom. The van der Waals surface area contributed by atoms with Gasteiger partial charge in [-0.3, -0.25) is 9.67 Å². The van der Waals surface area contributed by atoms with Crippen molar-refractivity contribution in [2.75, 3.05) is 33.9 Å². The fourth-order valence-electron chi connectivity index (χ4n) is 2.64. The Bertz CT molecular complexity index is 700. The molecule has 0 bridgehead atoms. The molecule has 0 saturated carbocycles. The summed E-state index contributed by atoms with van der Waals surface area (Å²) in [5.74, 6) is 2.07. The van der Waals surface area contributed by atoms with Gasteiger partial charge in [0, 0.05) is 51.7 Å². The van der Waals surface area contributed by atoms with Crippen molar-refractivity contribution in [2.45, 2.75) is 26.9 Å². The van der Waals surface area contributed by atoms with Gasteiger partial charge in [-0.1, -0.05) is 19.1 Å². The quantitative estimate of drug-likeness (QED) is 0.380. The van der Waals surface area contributed by atoms with Crippen LogP contribution >= 0.6 is 0 Å². The Hall–Kier alpha value is -2.54. The number of aromatic nitrogens is 2. The highest BCUT2D eigenvalue weighted by Gasteiger charge is 2.08. The number of benzene rings is 1. The molecule has 148 valence electrons. The van der Waals surface area contributed by atoms with Crippen LogP contribution < -0.4 is 15.4 Å². The fraction of sp³-hybridized carbons (Fsp3) is 0.500. The second kappa shape index (κ2) is 11.2. The third-order valence-corrected chi connectivity index (χ3v) is 4.11. The highest BCUT2D eigenvalue weighted by Crippen LogP contribution is 2.20. The third kappa shape index (κ3) is 7.30. The molecule has 1 aromatic heterocycles. The van der Waals surface area contributed by atoms with Gasteiger partial charge in [0.1, 0.15) is 12.4 Å². The Kier molecular flexibility index (Phi) is 8.64. The molecule has 0 aliphatic carbocycles. The first-order valence-electron chi connectivity index (χ1n) is 9.25. The lowest BCUT2D eigenvalue weighted by atomic mass is 10.1. The molecular formula is C20H31N5O2. The average Bonchev–Trinajstić information content (AvgIpc) is 3.16. The van der Waals surface area contributed by atoms with E-state index in [9.17, 15) is 0 Å². The van der Waals surface area contributed by atoms with Crippen molar-refractivity contribution in [1.29, 1.82) is 0 Å². The minimum absolute atomic E-state index is 0.427. The molecule has 1 aromatic carbocycles.